The van der Waals surface area contributed by atoms with Crippen molar-refractivity contribution in [2.75, 3.05) is 25.7 Å². The fourth-order valence-corrected chi connectivity index (χ4v) is 7.92. The summed E-state index contributed by atoms with van der Waals surface area (Å²) in [7, 11) is 1.47. The minimum Gasteiger partial charge on any atom is -0.496 e. The number of carbonyl (C=O) groups excluding carboxylic acids is 2. The molecule has 2 aliphatic rings. The first kappa shape index (κ1) is 47.3. The lowest BCUT2D eigenvalue weighted by atomic mass is 9.80. The Hall–Kier alpha value is -3.41. The van der Waals surface area contributed by atoms with Crippen molar-refractivity contribution in [2.24, 2.45) is 0 Å². The number of rotatable bonds is 4. The minimum atomic E-state index is -1.59. The molecule has 6 rings (SSSR count). The molecule has 2 aromatic heterocycles. The highest BCUT2D eigenvalue weighted by atomic mass is 127. The number of nitrogen functional groups attached to an aromatic ring is 2. The Balaban J connectivity index is 0.000000207. The van der Waals surface area contributed by atoms with Gasteiger partial charge in [-0.15, -0.1) is 0 Å². The van der Waals surface area contributed by atoms with Gasteiger partial charge < -0.3 is 40.5 Å². The average Bonchev–Trinajstić information content (AvgIpc) is 3.73. The molecular formula is C36H42BBr2Cl2IN8O8. The molecule has 16 nitrogen and oxygen atoms in total. The van der Waals surface area contributed by atoms with Crippen molar-refractivity contribution in [3.8, 4) is 22.8 Å². The van der Waals surface area contributed by atoms with Gasteiger partial charge in [0.25, 0.3) is 0 Å². The maximum Gasteiger partial charge on any atom is 0.490 e. The summed E-state index contributed by atoms with van der Waals surface area (Å²) in [5.74, 6) is 1.48. The van der Waals surface area contributed by atoms with Crippen molar-refractivity contribution >= 4 is 114 Å². The summed E-state index contributed by atoms with van der Waals surface area (Å²) >= 11 is 20.9. The van der Waals surface area contributed by atoms with Crippen LogP contribution in [-0.2, 0) is 35.7 Å². The van der Waals surface area contributed by atoms with Crippen LogP contribution in [0, 0.1) is 3.70 Å². The molecule has 0 unspecified atom stereocenters. The molecule has 312 valence electrons. The van der Waals surface area contributed by atoms with Crippen LogP contribution < -0.4 is 26.4 Å². The quantitative estimate of drug-likeness (QED) is 0.0910. The smallest absolute Gasteiger partial charge is 0.490 e. The predicted octanol–water partition coefficient (Wildman–Crippen LogP) is 7.11. The molecule has 58 heavy (non-hydrogen) atoms. The van der Waals surface area contributed by atoms with Gasteiger partial charge in [0.15, 0.2) is 0 Å². The largest absolute Gasteiger partial charge is 0.496 e. The van der Waals surface area contributed by atoms with Gasteiger partial charge in [0.05, 0.1) is 71.4 Å². The van der Waals surface area contributed by atoms with Crippen LogP contribution in [0.25, 0.3) is 11.3 Å². The average molecular weight is 1080 g/mol. The number of halogens is 5. The number of hydrogen-bond donors (Lipinski definition) is 4. The first-order valence-electron chi connectivity index (χ1n) is 17.3. The number of ether oxygens (including phenoxy) is 4. The van der Waals surface area contributed by atoms with Gasteiger partial charge in [-0.25, -0.2) is 29.5 Å². The van der Waals surface area contributed by atoms with Gasteiger partial charge in [0, 0.05) is 27.2 Å². The number of carbonyl (C=O) groups is 2. The van der Waals surface area contributed by atoms with Crippen LogP contribution in [0.1, 0.15) is 64.1 Å². The third kappa shape index (κ3) is 12.3. The first-order chi connectivity index (χ1) is 26.9. The third-order valence-electron chi connectivity index (χ3n) is 7.90. The lowest BCUT2D eigenvalue weighted by Crippen LogP contribution is -2.33. The summed E-state index contributed by atoms with van der Waals surface area (Å²) < 4.78 is 23.3. The maximum atomic E-state index is 12.4. The van der Waals surface area contributed by atoms with Crippen LogP contribution in [0.5, 0.6) is 11.5 Å². The molecule has 0 spiro atoms. The molecule has 0 aliphatic carbocycles. The van der Waals surface area contributed by atoms with Gasteiger partial charge >= 0.3 is 19.3 Å². The summed E-state index contributed by atoms with van der Waals surface area (Å²) in [5, 5.41) is 18.6. The number of fused-ring (bicyclic) bond motifs is 2. The van der Waals surface area contributed by atoms with E-state index >= 15 is 0 Å². The first-order valence-corrected chi connectivity index (χ1v) is 20.7. The van der Waals surface area contributed by atoms with Crippen LogP contribution >= 0.6 is 77.7 Å². The van der Waals surface area contributed by atoms with E-state index in [1.165, 1.54) is 13.2 Å². The molecule has 0 fully saturated rings. The molecule has 0 radical (unpaired) electrons. The fourth-order valence-electron chi connectivity index (χ4n) is 5.41. The molecular weight excluding hydrogens is 1040 g/mol. The Morgan fingerprint density at radius 1 is 0.741 bits per heavy atom. The molecule has 4 heterocycles. The van der Waals surface area contributed by atoms with Gasteiger partial charge in [0.1, 0.15) is 26.4 Å². The van der Waals surface area contributed by atoms with Crippen LogP contribution in [-0.4, -0.2) is 84.5 Å². The van der Waals surface area contributed by atoms with Gasteiger partial charge in [-0.2, -0.15) is 0 Å². The summed E-state index contributed by atoms with van der Waals surface area (Å²) in [5.41, 5.74) is 15.1. The Morgan fingerprint density at radius 2 is 1.19 bits per heavy atom. The number of nitrogens with zero attached hydrogens (tertiary/aromatic N) is 6. The molecule has 4 aromatic rings. The Kier molecular flexibility index (Phi) is 15.7. The monoisotopic (exact) mass is 1080 g/mol. The number of hydrogen-bond acceptors (Lipinski definition) is 14. The highest BCUT2D eigenvalue weighted by Crippen LogP contribution is 2.40. The molecule has 0 bridgehead atoms. The molecule has 22 heteroatoms. The Morgan fingerprint density at radius 3 is 1.67 bits per heavy atom. The predicted molar refractivity (Wildman–Crippen MR) is 237 cm³/mol. The summed E-state index contributed by atoms with van der Waals surface area (Å²) in [6, 6.07) is 6.54. The minimum absolute atomic E-state index is 0.118. The van der Waals surface area contributed by atoms with Crippen molar-refractivity contribution in [1.82, 2.24) is 29.7 Å². The topological polar surface area (TPSA) is 222 Å². The van der Waals surface area contributed by atoms with Crippen LogP contribution in [0.2, 0.25) is 10.0 Å². The lowest BCUT2D eigenvalue weighted by molar-refractivity contribution is 0.0231. The van der Waals surface area contributed by atoms with E-state index in [4.69, 9.17) is 63.7 Å². The number of amides is 2. The summed E-state index contributed by atoms with van der Waals surface area (Å²) in [6.07, 6.45) is -0.751. The second kappa shape index (κ2) is 19.3. The second-order valence-electron chi connectivity index (χ2n) is 14.7. The highest BCUT2D eigenvalue weighted by molar-refractivity contribution is 14.1. The zero-order chi connectivity index (χ0) is 43.4. The van der Waals surface area contributed by atoms with Crippen molar-refractivity contribution in [1.29, 1.82) is 0 Å². The van der Waals surface area contributed by atoms with E-state index in [0.717, 1.165) is 25.0 Å². The van der Waals surface area contributed by atoms with Crippen molar-refractivity contribution in [2.45, 2.75) is 78.9 Å². The molecule has 0 saturated heterocycles. The van der Waals surface area contributed by atoms with Crippen LogP contribution in [0.3, 0.4) is 0 Å². The van der Waals surface area contributed by atoms with Gasteiger partial charge in [0.2, 0.25) is 11.9 Å². The highest BCUT2D eigenvalue weighted by Gasteiger charge is 2.33. The van der Waals surface area contributed by atoms with E-state index in [0.29, 0.717) is 64.1 Å². The van der Waals surface area contributed by atoms with Gasteiger partial charge in [-0.05, 0) is 120 Å². The van der Waals surface area contributed by atoms with E-state index in [1.54, 1.807) is 35.1 Å². The normalized spacial score (nSPS) is 13.0. The maximum absolute atomic E-state index is 12.4. The van der Waals surface area contributed by atoms with E-state index in [-0.39, 0.29) is 28.5 Å². The Bertz CT molecular complexity index is 2200. The SMILES string of the molecule is CC(C)(C)OC(=O)N1Cc2nc(N)nc(I)c2C1.COc1cc(-c2nc(N)nc3c2CN(C(=O)OC(C)(C)C)C3)c(Cl)cc1Br.COc1cc(B(O)O)c(Cl)cc1Br. The zero-order valence-corrected chi connectivity index (χ0v) is 39.6. The molecule has 2 amide bonds. The molecule has 6 N–H and O–H groups in total. The molecule has 0 saturated carbocycles. The summed E-state index contributed by atoms with van der Waals surface area (Å²) in [6.45, 7) is 12.5. The standard InChI is InChI=1S/C18H20BrClN4O3.C11H15IN4O2.C7H7BBrClO3/c1-18(2,3)27-17(25)24-7-10-13(8-24)22-16(21)23-15(10)9-5-14(26-4)11(19)6-12(9)20;1-11(2,3)18-10(17)16-4-6-7(5-16)14-9(13)15-8(6)12;1-13-7-2-4(8(11)12)6(10)3-5(7)9/h5-6H,7-8H2,1-4H3,(H2,21,22,23);4-5H2,1-3H3,(H2,13,14,15);2-3,11-12H,1H3. The number of anilines is 2. The van der Waals surface area contributed by atoms with E-state index < -0.39 is 24.4 Å². The van der Waals surface area contributed by atoms with Gasteiger partial charge in [-0.1, -0.05) is 23.2 Å². The molecule has 2 aliphatic heterocycles. The molecule has 2 aromatic carbocycles. The lowest BCUT2D eigenvalue weighted by Gasteiger charge is -2.24. The zero-order valence-electron chi connectivity index (χ0n) is 32.8. The van der Waals surface area contributed by atoms with E-state index in [2.05, 4.69) is 74.4 Å². The fraction of sp³-hybridized carbons (Fsp3) is 0.389. The van der Waals surface area contributed by atoms with E-state index in [9.17, 15) is 9.59 Å². The van der Waals surface area contributed by atoms with Crippen molar-refractivity contribution in [3.63, 3.8) is 0 Å². The number of methoxy groups -OCH3 is 2. The Labute approximate surface area is 376 Å². The number of benzene rings is 2. The van der Waals surface area contributed by atoms with E-state index in [1.807, 2.05) is 41.5 Å². The van der Waals surface area contributed by atoms with Crippen molar-refractivity contribution < 1.29 is 38.6 Å². The van der Waals surface area contributed by atoms with Crippen molar-refractivity contribution in [3.05, 3.63) is 69.5 Å². The summed E-state index contributed by atoms with van der Waals surface area (Å²) in [4.78, 5) is 44.5. The number of aromatic nitrogens is 4. The second-order valence-corrected chi connectivity index (χ2v) is 18.2. The third-order valence-corrected chi connectivity index (χ3v) is 10.7. The van der Waals surface area contributed by atoms with Crippen LogP contribution in [0.15, 0.2) is 33.2 Å². The number of nitrogens with two attached hydrogens (primary N) is 2. The van der Waals surface area contributed by atoms with Crippen LogP contribution in [0.4, 0.5) is 21.5 Å². The van der Waals surface area contributed by atoms with Gasteiger partial charge in [-0.3, -0.25) is 9.80 Å². The molecule has 0 atom stereocenters.